The molecular weight excluding hydrogens is 347 g/mol. The van der Waals surface area contributed by atoms with E-state index in [2.05, 4.69) is 118 Å². The summed E-state index contributed by atoms with van der Waals surface area (Å²) in [6.45, 7) is 10.00. The van der Waals surface area contributed by atoms with Crippen molar-refractivity contribution in [3.05, 3.63) is 91.0 Å². The second kappa shape index (κ2) is 7.90. The molecule has 0 nitrogen and oxygen atoms in total. The molecule has 134 valence electrons. The molecule has 0 amide bonds. The summed E-state index contributed by atoms with van der Waals surface area (Å²) in [5.41, 5.74) is 0.626. The highest BCUT2D eigenvalue weighted by molar-refractivity contribution is 7.96. The van der Waals surface area contributed by atoms with Crippen LogP contribution in [0.25, 0.3) is 0 Å². The van der Waals surface area contributed by atoms with Crippen molar-refractivity contribution >= 4 is 31.2 Å². The summed E-state index contributed by atoms with van der Waals surface area (Å²) >= 11 is 0. The highest BCUT2D eigenvalue weighted by atomic mass is 31.2. The summed E-state index contributed by atoms with van der Waals surface area (Å²) in [5, 5.41) is 4.51. The van der Waals surface area contributed by atoms with E-state index in [1.807, 2.05) is 0 Å². The monoisotopic (exact) mass is 377 g/mol. The molecule has 3 rings (SSSR count). The Balaban J connectivity index is 2.32. The molecule has 0 spiro atoms. The maximum atomic E-state index is 2.50. The zero-order valence-electron chi connectivity index (χ0n) is 16.4. The molecule has 0 bridgehead atoms. The molecule has 0 N–H and O–H groups in total. The molecule has 0 radical (unpaired) electrons. The van der Waals surface area contributed by atoms with Gasteiger partial charge in [0.05, 0.1) is 5.66 Å². The minimum Gasteiger partial charge on any atom is -0.0694 e. The Morgan fingerprint density at radius 2 is 0.923 bits per heavy atom. The largest absolute Gasteiger partial charge is 0.114 e. The number of hydrogen-bond acceptors (Lipinski definition) is 0. The van der Waals surface area contributed by atoms with Crippen LogP contribution in [-0.2, 0) is 0 Å². The van der Waals surface area contributed by atoms with Gasteiger partial charge >= 0.3 is 0 Å². The average Bonchev–Trinajstić information content (AvgIpc) is 2.64. The maximum Gasteiger partial charge on any atom is 0.114 e. The molecule has 3 aromatic carbocycles. The van der Waals surface area contributed by atoms with Crippen LogP contribution in [0, 0.1) is 0 Å². The second-order valence-electron chi connectivity index (χ2n) is 8.34. The van der Waals surface area contributed by atoms with Crippen LogP contribution in [0.3, 0.4) is 0 Å². The van der Waals surface area contributed by atoms with Crippen LogP contribution in [0.15, 0.2) is 91.0 Å². The molecule has 0 aliphatic heterocycles. The molecule has 3 aromatic rings. The minimum absolute atomic E-state index is 0.626. The van der Waals surface area contributed by atoms with Gasteiger partial charge in [0.15, 0.2) is 0 Å². The van der Waals surface area contributed by atoms with E-state index in [1.165, 1.54) is 22.0 Å². The summed E-state index contributed by atoms with van der Waals surface area (Å²) in [6, 6.07) is 35.1. The molecule has 2 heteroatoms. The van der Waals surface area contributed by atoms with Crippen LogP contribution in [-0.4, -0.2) is 13.7 Å². The highest BCUT2D eigenvalue weighted by Crippen LogP contribution is 2.61. The van der Waals surface area contributed by atoms with E-state index in [9.17, 15) is 0 Å². The lowest BCUT2D eigenvalue weighted by Gasteiger charge is -2.35. The number of benzene rings is 3. The molecule has 0 unspecified atom stereocenters. The van der Waals surface area contributed by atoms with Crippen molar-refractivity contribution in [2.45, 2.75) is 38.3 Å². The van der Waals surface area contributed by atoms with Gasteiger partial charge in [-0.1, -0.05) is 74.2 Å². The third-order valence-electron chi connectivity index (χ3n) is 5.06. The molecule has 0 saturated heterocycles. The lowest BCUT2D eigenvalue weighted by Crippen LogP contribution is -2.40. The zero-order valence-corrected chi connectivity index (χ0v) is 18.3. The standard InChI is InChI=1S/C24H30PSi/c1-21(20-26(2,3)4)25(22-14-8-5-9-15-22,23-16-10-6-11-17-23)24-18-12-7-13-19-24/h5-19,21H,20H2,1-4H3/q+1/t21-/m1/s1. The Kier molecular flexibility index (Phi) is 5.80. The van der Waals surface area contributed by atoms with Gasteiger partial charge in [0, 0.05) is 8.07 Å². The van der Waals surface area contributed by atoms with Crippen molar-refractivity contribution in [3.63, 3.8) is 0 Å². The van der Waals surface area contributed by atoms with Gasteiger partial charge < -0.3 is 0 Å². The smallest absolute Gasteiger partial charge is 0.0694 e. The predicted molar refractivity (Wildman–Crippen MR) is 123 cm³/mol. The van der Waals surface area contributed by atoms with Gasteiger partial charge in [-0.25, -0.2) is 0 Å². The van der Waals surface area contributed by atoms with Crippen molar-refractivity contribution in [3.8, 4) is 0 Å². The zero-order chi connectivity index (χ0) is 18.6. The van der Waals surface area contributed by atoms with Crippen LogP contribution in [0.1, 0.15) is 6.92 Å². The van der Waals surface area contributed by atoms with E-state index in [0.29, 0.717) is 5.66 Å². The summed E-state index contributed by atoms with van der Waals surface area (Å²) in [5.74, 6) is 0. The quantitative estimate of drug-likeness (QED) is 0.381. The van der Waals surface area contributed by atoms with Crippen molar-refractivity contribution < 1.29 is 0 Å². The molecule has 26 heavy (non-hydrogen) atoms. The Morgan fingerprint density at radius 1 is 0.615 bits per heavy atom. The van der Waals surface area contributed by atoms with Gasteiger partial charge in [-0.2, -0.15) is 0 Å². The summed E-state index contributed by atoms with van der Waals surface area (Å²) in [6.07, 6.45) is 0. The number of hydrogen-bond donors (Lipinski definition) is 0. The first kappa shape index (κ1) is 19.1. The summed E-state index contributed by atoms with van der Waals surface area (Å²) in [4.78, 5) is 0. The first-order valence-electron chi connectivity index (χ1n) is 9.50. The molecule has 0 aliphatic rings. The van der Waals surface area contributed by atoms with Crippen LogP contribution in [0.5, 0.6) is 0 Å². The third-order valence-corrected chi connectivity index (χ3v) is 12.1. The van der Waals surface area contributed by atoms with E-state index >= 15 is 0 Å². The molecule has 1 atom stereocenters. The first-order chi connectivity index (χ1) is 12.4. The van der Waals surface area contributed by atoms with Crippen LogP contribution >= 0.6 is 7.26 Å². The Bertz CT molecular complexity index is 710. The summed E-state index contributed by atoms with van der Waals surface area (Å²) < 4.78 is 0. The van der Waals surface area contributed by atoms with E-state index in [0.717, 1.165) is 0 Å². The van der Waals surface area contributed by atoms with E-state index in [-0.39, 0.29) is 0 Å². The fourth-order valence-corrected chi connectivity index (χ4v) is 13.1. The maximum absolute atomic E-state index is 2.50. The van der Waals surface area contributed by atoms with Gasteiger partial charge in [-0.05, 0) is 49.4 Å². The average molecular weight is 378 g/mol. The molecule has 0 aliphatic carbocycles. The topological polar surface area (TPSA) is 0 Å². The van der Waals surface area contributed by atoms with Crippen molar-refractivity contribution in [2.24, 2.45) is 0 Å². The van der Waals surface area contributed by atoms with Crippen LogP contribution in [0.4, 0.5) is 0 Å². The fourth-order valence-electron chi connectivity index (χ4n) is 4.22. The van der Waals surface area contributed by atoms with Gasteiger partial charge in [0.1, 0.15) is 23.2 Å². The third kappa shape index (κ3) is 3.85. The first-order valence-corrected chi connectivity index (χ1v) is 15.1. The highest BCUT2D eigenvalue weighted by Gasteiger charge is 2.51. The lowest BCUT2D eigenvalue weighted by molar-refractivity contribution is 1.05. The van der Waals surface area contributed by atoms with Crippen molar-refractivity contribution in [1.82, 2.24) is 0 Å². The van der Waals surface area contributed by atoms with Gasteiger partial charge in [-0.15, -0.1) is 0 Å². The van der Waals surface area contributed by atoms with Crippen molar-refractivity contribution in [2.75, 3.05) is 0 Å². The van der Waals surface area contributed by atoms with Gasteiger partial charge in [0.2, 0.25) is 0 Å². The second-order valence-corrected chi connectivity index (χ2v) is 17.7. The predicted octanol–water partition coefficient (Wildman–Crippen LogP) is 5.71. The minimum atomic E-state index is -1.71. The van der Waals surface area contributed by atoms with E-state index in [4.69, 9.17) is 0 Å². The van der Waals surface area contributed by atoms with Gasteiger partial charge in [0.25, 0.3) is 0 Å². The summed E-state index contributed by atoms with van der Waals surface area (Å²) in [7, 11) is -2.91. The Hall–Kier alpha value is -1.69. The Labute approximate surface area is 160 Å². The van der Waals surface area contributed by atoms with Crippen molar-refractivity contribution in [1.29, 1.82) is 0 Å². The fraction of sp³-hybridized carbons (Fsp3) is 0.250. The SMILES string of the molecule is C[C@H](C[Si](C)(C)C)[P+](c1ccccc1)(c1ccccc1)c1ccccc1. The molecule has 0 fully saturated rings. The molecule has 0 saturated carbocycles. The molecule has 0 aromatic heterocycles. The van der Waals surface area contributed by atoms with Crippen LogP contribution < -0.4 is 15.9 Å². The number of rotatable bonds is 6. The molecule has 0 heterocycles. The molecular formula is C24H30PSi+. The van der Waals surface area contributed by atoms with Crippen LogP contribution in [0.2, 0.25) is 25.7 Å². The van der Waals surface area contributed by atoms with Gasteiger partial charge in [-0.3, -0.25) is 0 Å². The lowest BCUT2D eigenvalue weighted by atomic mass is 10.3. The Morgan fingerprint density at radius 3 is 1.19 bits per heavy atom. The normalized spacial score (nSPS) is 13.4. The van der Waals surface area contributed by atoms with E-state index in [1.54, 1.807) is 0 Å². The van der Waals surface area contributed by atoms with E-state index < -0.39 is 15.3 Å².